The number of para-hydroxylation sites is 1. The molecule has 2 heterocycles. The van der Waals surface area contributed by atoms with Crippen LogP contribution >= 0.6 is 11.3 Å². The van der Waals surface area contributed by atoms with Crippen LogP contribution in [-0.4, -0.2) is 16.9 Å². The summed E-state index contributed by atoms with van der Waals surface area (Å²) in [5, 5.41) is 5.96. The van der Waals surface area contributed by atoms with Crippen LogP contribution in [0.25, 0.3) is 21.5 Å². The topological polar surface area (TPSA) is 42.0 Å². The Morgan fingerprint density at radius 3 is 2.82 bits per heavy atom. The fourth-order valence-electron chi connectivity index (χ4n) is 2.32. The molecule has 3 nitrogen and oxygen atoms in total. The van der Waals surface area contributed by atoms with Gasteiger partial charge in [0.15, 0.2) is 0 Å². The molecule has 3 aromatic rings. The summed E-state index contributed by atoms with van der Waals surface area (Å²) in [5.74, 6) is -0.0363. The maximum Gasteiger partial charge on any atom is 0.252 e. The van der Waals surface area contributed by atoms with Crippen LogP contribution in [0, 0.1) is 0 Å². The molecular formula is C18H18N2OS. The maximum atomic E-state index is 12.6. The van der Waals surface area contributed by atoms with Crippen molar-refractivity contribution in [2.45, 2.75) is 26.3 Å². The molecule has 4 heteroatoms. The Morgan fingerprint density at radius 1 is 1.27 bits per heavy atom. The maximum absolute atomic E-state index is 12.6. The first kappa shape index (κ1) is 14.7. The fourth-order valence-corrected chi connectivity index (χ4v) is 3.00. The molecule has 22 heavy (non-hydrogen) atoms. The van der Waals surface area contributed by atoms with Crippen LogP contribution in [0.4, 0.5) is 0 Å². The molecule has 2 aromatic heterocycles. The van der Waals surface area contributed by atoms with Gasteiger partial charge in [0.05, 0.1) is 21.7 Å². The molecule has 1 aromatic carbocycles. The second-order valence-corrected chi connectivity index (χ2v) is 6.28. The Hall–Kier alpha value is -2.20. The highest BCUT2D eigenvalue weighted by molar-refractivity contribution is 7.13. The molecule has 0 bridgehead atoms. The minimum atomic E-state index is -0.0363. The van der Waals surface area contributed by atoms with Crippen molar-refractivity contribution in [3.05, 3.63) is 53.4 Å². The molecule has 0 spiro atoms. The van der Waals surface area contributed by atoms with Crippen molar-refractivity contribution >= 4 is 28.1 Å². The van der Waals surface area contributed by atoms with Gasteiger partial charge in [-0.15, -0.1) is 11.3 Å². The summed E-state index contributed by atoms with van der Waals surface area (Å²) in [7, 11) is 0. The van der Waals surface area contributed by atoms with Crippen LogP contribution in [0.1, 0.15) is 30.6 Å². The fraction of sp³-hybridized carbons (Fsp3) is 0.222. The van der Waals surface area contributed by atoms with Crippen LogP contribution in [0.5, 0.6) is 0 Å². The van der Waals surface area contributed by atoms with Crippen molar-refractivity contribution in [3.63, 3.8) is 0 Å². The van der Waals surface area contributed by atoms with E-state index in [1.165, 1.54) is 0 Å². The Kier molecular flexibility index (Phi) is 4.20. The molecule has 0 saturated heterocycles. The van der Waals surface area contributed by atoms with Gasteiger partial charge in [-0.05, 0) is 36.9 Å². The van der Waals surface area contributed by atoms with E-state index in [1.54, 1.807) is 11.3 Å². The number of pyridine rings is 1. The number of benzene rings is 1. The molecule has 0 aliphatic heterocycles. The first-order valence-electron chi connectivity index (χ1n) is 7.43. The Morgan fingerprint density at radius 2 is 2.09 bits per heavy atom. The zero-order valence-electron chi connectivity index (χ0n) is 12.7. The van der Waals surface area contributed by atoms with E-state index in [0.29, 0.717) is 5.56 Å². The number of hydrogen-bond acceptors (Lipinski definition) is 3. The molecule has 1 N–H and O–H groups in total. The summed E-state index contributed by atoms with van der Waals surface area (Å²) >= 11 is 1.63. The van der Waals surface area contributed by atoms with Crippen molar-refractivity contribution < 1.29 is 4.79 Å². The number of nitrogens with one attached hydrogen (secondary N) is 1. The van der Waals surface area contributed by atoms with Gasteiger partial charge in [0.25, 0.3) is 5.91 Å². The van der Waals surface area contributed by atoms with E-state index in [4.69, 9.17) is 4.98 Å². The number of hydrogen-bond donors (Lipinski definition) is 1. The van der Waals surface area contributed by atoms with Crippen LogP contribution in [0.3, 0.4) is 0 Å². The van der Waals surface area contributed by atoms with E-state index in [1.807, 2.05) is 54.8 Å². The lowest BCUT2D eigenvalue weighted by Crippen LogP contribution is -2.32. The predicted octanol–water partition coefficient (Wildman–Crippen LogP) is 4.49. The number of rotatable bonds is 4. The third-order valence-corrected chi connectivity index (χ3v) is 4.62. The highest BCUT2D eigenvalue weighted by Crippen LogP contribution is 2.27. The standard InChI is InChI=1S/C18H18N2OS/c1-3-12(2)19-18(21)14-11-16(17-9-6-10-22-17)20-15-8-5-4-7-13(14)15/h4-12H,3H2,1-2H3,(H,19,21)/t12-/m1/s1. The molecule has 0 unspecified atom stereocenters. The minimum absolute atomic E-state index is 0.0363. The smallest absolute Gasteiger partial charge is 0.252 e. The Bertz CT molecular complexity index is 796. The van der Waals surface area contributed by atoms with E-state index in [0.717, 1.165) is 27.9 Å². The lowest BCUT2D eigenvalue weighted by Gasteiger charge is -2.13. The SMILES string of the molecule is CC[C@@H](C)NC(=O)c1cc(-c2cccs2)nc2ccccc12. The van der Waals surface area contributed by atoms with Gasteiger partial charge in [0, 0.05) is 11.4 Å². The molecule has 0 fully saturated rings. The summed E-state index contributed by atoms with van der Waals surface area (Å²) in [6.07, 6.45) is 0.909. The molecule has 0 aliphatic rings. The highest BCUT2D eigenvalue weighted by Gasteiger charge is 2.15. The monoisotopic (exact) mass is 310 g/mol. The van der Waals surface area contributed by atoms with Gasteiger partial charge in [0.1, 0.15) is 0 Å². The van der Waals surface area contributed by atoms with Gasteiger partial charge in [-0.1, -0.05) is 31.2 Å². The molecule has 1 amide bonds. The van der Waals surface area contributed by atoms with Crippen molar-refractivity contribution in [2.75, 3.05) is 0 Å². The Balaban J connectivity index is 2.12. The normalized spacial score (nSPS) is 12.3. The highest BCUT2D eigenvalue weighted by atomic mass is 32.1. The van der Waals surface area contributed by atoms with Gasteiger partial charge in [-0.3, -0.25) is 4.79 Å². The van der Waals surface area contributed by atoms with Crippen molar-refractivity contribution in [1.29, 1.82) is 0 Å². The summed E-state index contributed by atoms with van der Waals surface area (Å²) in [5.41, 5.74) is 2.39. The van der Waals surface area contributed by atoms with Crippen molar-refractivity contribution in [1.82, 2.24) is 10.3 Å². The van der Waals surface area contributed by atoms with E-state index in [9.17, 15) is 4.79 Å². The number of thiophene rings is 1. The number of fused-ring (bicyclic) bond motifs is 1. The molecule has 0 aliphatic carbocycles. The number of carbonyl (C=O) groups is 1. The van der Waals surface area contributed by atoms with Gasteiger partial charge in [-0.25, -0.2) is 4.98 Å². The summed E-state index contributed by atoms with van der Waals surface area (Å²) < 4.78 is 0. The van der Waals surface area contributed by atoms with Crippen molar-refractivity contribution in [3.8, 4) is 10.6 Å². The minimum Gasteiger partial charge on any atom is -0.350 e. The summed E-state index contributed by atoms with van der Waals surface area (Å²) in [4.78, 5) is 18.4. The molecule has 0 saturated carbocycles. The molecular weight excluding hydrogens is 292 g/mol. The van der Waals surface area contributed by atoms with E-state index in [2.05, 4.69) is 12.2 Å². The zero-order chi connectivity index (χ0) is 15.5. The zero-order valence-corrected chi connectivity index (χ0v) is 13.5. The molecule has 1 atom stereocenters. The molecule has 112 valence electrons. The van der Waals surface area contributed by atoms with Crippen LogP contribution in [0.2, 0.25) is 0 Å². The number of aromatic nitrogens is 1. The largest absolute Gasteiger partial charge is 0.350 e. The quantitative estimate of drug-likeness (QED) is 0.771. The number of nitrogens with zero attached hydrogens (tertiary/aromatic N) is 1. The van der Waals surface area contributed by atoms with Gasteiger partial charge < -0.3 is 5.32 Å². The third-order valence-electron chi connectivity index (χ3n) is 3.72. The van der Waals surface area contributed by atoms with Crippen molar-refractivity contribution in [2.24, 2.45) is 0 Å². The van der Waals surface area contributed by atoms with Gasteiger partial charge >= 0.3 is 0 Å². The predicted molar refractivity (Wildman–Crippen MR) is 92.3 cm³/mol. The van der Waals surface area contributed by atoms with Crippen LogP contribution in [-0.2, 0) is 0 Å². The second kappa shape index (κ2) is 6.28. The van der Waals surface area contributed by atoms with Gasteiger partial charge in [0.2, 0.25) is 0 Å². The lowest BCUT2D eigenvalue weighted by atomic mass is 10.1. The van der Waals surface area contributed by atoms with Crippen LogP contribution < -0.4 is 5.32 Å². The second-order valence-electron chi connectivity index (χ2n) is 5.33. The number of carbonyl (C=O) groups excluding carboxylic acids is 1. The van der Waals surface area contributed by atoms with E-state index >= 15 is 0 Å². The summed E-state index contributed by atoms with van der Waals surface area (Å²) in [6, 6.07) is 13.9. The third kappa shape index (κ3) is 2.88. The van der Waals surface area contributed by atoms with Gasteiger partial charge in [-0.2, -0.15) is 0 Å². The lowest BCUT2D eigenvalue weighted by molar-refractivity contribution is 0.0941. The van der Waals surface area contributed by atoms with E-state index < -0.39 is 0 Å². The average Bonchev–Trinajstić information content (AvgIpc) is 3.08. The number of amides is 1. The first-order chi connectivity index (χ1) is 10.7. The average molecular weight is 310 g/mol. The molecule has 0 radical (unpaired) electrons. The van der Waals surface area contributed by atoms with Crippen LogP contribution in [0.15, 0.2) is 47.8 Å². The summed E-state index contributed by atoms with van der Waals surface area (Å²) in [6.45, 7) is 4.08. The molecule has 3 rings (SSSR count). The first-order valence-corrected chi connectivity index (χ1v) is 8.31. The van der Waals surface area contributed by atoms with E-state index in [-0.39, 0.29) is 11.9 Å². The Labute approximate surface area is 134 Å².